The Hall–Kier alpha value is -1.06. The summed E-state index contributed by atoms with van der Waals surface area (Å²) in [6, 6.07) is 8.86. The van der Waals surface area contributed by atoms with E-state index in [9.17, 15) is 4.79 Å². The lowest BCUT2D eigenvalue weighted by molar-refractivity contribution is -0.130. The number of hydrogen-bond acceptors (Lipinski definition) is 2. The zero-order chi connectivity index (χ0) is 14.5. The average molecular weight is 311 g/mol. The summed E-state index contributed by atoms with van der Waals surface area (Å²) in [6.07, 6.45) is 2.67. The first-order valence-corrected chi connectivity index (χ1v) is 7.60. The van der Waals surface area contributed by atoms with Gasteiger partial charge in [0.1, 0.15) is 0 Å². The molecule has 21 heavy (non-hydrogen) atoms. The minimum Gasteiger partial charge on any atom is -0.341 e. The maximum atomic E-state index is 12.3. The van der Waals surface area contributed by atoms with Gasteiger partial charge in [-0.1, -0.05) is 38.1 Å². The molecule has 4 heteroatoms. The third-order valence-corrected chi connectivity index (χ3v) is 4.00. The lowest BCUT2D eigenvalue weighted by Gasteiger charge is -2.23. The molecule has 0 radical (unpaired) electrons. The molecule has 1 atom stereocenters. The highest BCUT2D eigenvalue weighted by atomic mass is 35.5. The lowest BCUT2D eigenvalue weighted by Crippen LogP contribution is -2.39. The minimum absolute atomic E-state index is 0. The molecular weight excluding hydrogens is 284 g/mol. The second-order valence-electron chi connectivity index (χ2n) is 6.24. The van der Waals surface area contributed by atoms with Crippen molar-refractivity contribution >= 4 is 18.3 Å². The smallest absolute Gasteiger partial charge is 0.227 e. The van der Waals surface area contributed by atoms with Crippen molar-refractivity contribution in [3.8, 4) is 0 Å². The molecule has 1 unspecified atom stereocenters. The van der Waals surface area contributed by atoms with E-state index in [1.165, 1.54) is 5.56 Å². The van der Waals surface area contributed by atoms with E-state index < -0.39 is 0 Å². The topological polar surface area (TPSA) is 32.3 Å². The molecule has 2 rings (SSSR count). The zero-order valence-corrected chi connectivity index (χ0v) is 14.1. The van der Waals surface area contributed by atoms with E-state index in [0.29, 0.717) is 18.4 Å². The van der Waals surface area contributed by atoms with Crippen molar-refractivity contribution in [1.29, 1.82) is 0 Å². The van der Waals surface area contributed by atoms with Crippen molar-refractivity contribution < 1.29 is 4.79 Å². The molecule has 1 aliphatic heterocycles. The van der Waals surface area contributed by atoms with Gasteiger partial charge < -0.3 is 10.2 Å². The Labute approximate surface area is 134 Å². The predicted molar refractivity (Wildman–Crippen MR) is 90.0 cm³/mol. The van der Waals surface area contributed by atoms with Crippen molar-refractivity contribution in [2.75, 3.05) is 20.1 Å². The van der Waals surface area contributed by atoms with Gasteiger partial charge in [0.05, 0.1) is 6.42 Å². The molecule has 0 saturated carbocycles. The number of benzene rings is 1. The van der Waals surface area contributed by atoms with E-state index in [1.807, 2.05) is 11.9 Å². The number of hydrogen-bond donors (Lipinski definition) is 1. The van der Waals surface area contributed by atoms with E-state index in [2.05, 4.69) is 43.4 Å². The van der Waals surface area contributed by atoms with Crippen LogP contribution in [0.3, 0.4) is 0 Å². The zero-order valence-electron chi connectivity index (χ0n) is 13.3. The van der Waals surface area contributed by atoms with Crippen LogP contribution in [0.5, 0.6) is 0 Å². The molecule has 1 heterocycles. The highest BCUT2D eigenvalue weighted by Gasteiger charge is 2.22. The first kappa shape index (κ1) is 18.0. The Morgan fingerprint density at radius 3 is 2.43 bits per heavy atom. The molecule has 1 aromatic carbocycles. The van der Waals surface area contributed by atoms with Gasteiger partial charge in [-0.05, 0) is 36.4 Å². The highest BCUT2D eigenvalue weighted by Crippen LogP contribution is 2.12. The fraction of sp³-hybridized carbons (Fsp3) is 0.588. The lowest BCUT2D eigenvalue weighted by atomic mass is 10.0. The van der Waals surface area contributed by atoms with Crippen molar-refractivity contribution in [1.82, 2.24) is 10.2 Å². The number of carbonyl (C=O) groups is 1. The van der Waals surface area contributed by atoms with Gasteiger partial charge in [-0.25, -0.2) is 0 Å². The van der Waals surface area contributed by atoms with Crippen LogP contribution in [0.15, 0.2) is 24.3 Å². The third-order valence-electron chi connectivity index (χ3n) is 4.00. The third kappa shape index (κ3) is 5.33. The van der Waals surface area contributed by atoms with Crippen LogP contribution in [0, 0.1) is 5.92 Å². The number of rotatable bonds is 5. The maximum Gasteiger partial charge on any atom is 0.227 e. The summed E-state index contributed by atoms with van der Waals surface area (Å²) in [5, 5.41) is 3.30. The second-order valence-corrected chi connectivity index (χ2v) is 6.24. The predicted octanol–water partition coefficient (Wildman–Crippen LogP) is 2.67. The molecule has 1 fully saturated rings. The first-order chi connectivity index (χ1) is 9.56. The van der Waals surface area contributed by atoms with Crippen LogP contribution in [0.1, 0.15) is 31.4 Å². The second kappa shape index (κ2) is 8.40. The van der Waals surface area contributed by atoms with Gasteiger partial charge in [0.15, 0.2) is 0 Å². The molecule has 1 saturated heterocycles. The molecule has 1 N–H and O–H groups in total. The van der Waals surface area contributed by atoms with E-state index in [4.69, 9.17) is 0 Å². The first-order valence-electron chi connectivity index (χ1n) is 7.60. The van der Waals surface area contributed by atoms with Crippen molar-refractivity contribution in [2.24, 2.45) is 5.92 Å². The molecule has 0 spiro atoms. The number of nitrogens with zero attached hydrogens (tertiary/aromatic N) is 1. The Bertz CT molecular complexity index is 439. The highest BCUT2D eigenvalue weighted by molar-refractivity contribution is 5.85. The van der Waals surface area contributed by atoms with Gasteiger partial charge in [0.25, 0.3) is 0 Å². The fourth-order valence-corrected chi connectivity index (χ4v) is 2.74. The fourth-order valence-electron chi connectivity index (χ4n) is 2.74. The van der Waals surface area contributed by atoms with Crippen molar-refractivity contribution in [2.45, 2.75) is 39.2 Å². The largest absolute Gasteiger partial charge is 0.341 e. The summed E-state index contributed by atoms with van der Waals surface area (Å²) >= 11 is 0. The maximum absolute atomic E-state index is 12.3. The van der Waals surface area contributed by atoms with Crippen molar-refractivity contribution in [3.05, 3.63) is 35.4 Å². The summed E-state index contributed by atoms with van der Waals surface area (Å²) in [7, 11) is 1.92. The monoisotopic (exact) mass is 310 g/mol. The molecule has 1 aliphatic rings. The Morgan fingerprint density at radius 2 is 1.90 bits per heavy atom. The van der Waals surface area contributed by atoms with Crippen LogP contribution in [-0.4, -0.2) is 37.0 Å². The molecule has 0 bridgehead atoms. The standard InChI is InChI=1S/C17H26N2O.ClH/c1-13(2)10-14-4-6-15(7-5-14)11-17(20)19(3)16-8-9-18-12-16;/h4-7,13,16,18H,8-12H2,1-3H3;1H. The van der Waals surface area contributed by atoms with E-state index in [1.54, 1.807) is 0 Å². The van der Waals surface area contributed by atoms with Gasteiger partial charge in [-0.3, -0.25) is 4.79 Å². The van der Waals surface area contributed by atoms with E-state index >= 15 is 0 Å². The minimum atomic E-state index is 0. The van der Waals surface area contributed by atoms with Crippen LogP contribution in [0.25, 0.3) is 0 Å². The molecule has 1 aromatic rings. The van der Waals surface area contributed by atoms with Crippen LogP contribution in [-0.2, 0) is 17.6 Å². The Morgan fingerprint density at radius 1 is 1.29 bits per heavy atom. The summed E-state index contributed by atoms with van der Waals surface area (Å²) in [6.45, 7) is 6.39. The van der Waals surface area contributed by atoms with Gasteiger partial charge in [-0.15, -0.1) is 12.4 Å². The summed E-state index contributed by atoms with van der Waals surface area (Å²) < 4.78 is 0. The summed E-state index contributed by atoms with van der Waals surface area (Å²) in [5.74, 6) is 0.888. The number of halogens is 1. The number of nitrogens with one attached hydrogen (secondary N) is 1. The van der Waals surface area contributed by atoms with Gasteiger partial charge in [-0.2, -0.15) is 0 Å². The molecule has 3 nitrogen and oxygen atoms in total. The Balaban J connectivity index is 0.00000220. The molecular formula is C17H27ClN2O. The van der Waals surface area contributed by atoms with Gasteiger partial charge in [0, 0.05) is 19.6 Å². The van der Waals surface area contributed by atoms with Crippen LogP contribution in [0.4, 0.5) is 0 Å². The van der Waals surface area contributed by atoms with Crippen molar-refractivity contribution in [3.63, 3.8) is 0 Å². The summed E-state index contributed by atoms with van der Waals surface area (Å²) in [5.41, 5.74) is 2.46. The number of likely N-dealkylation sites (N-methyl/N-ethyl adjacent to an activating group) is 1. The quantitative estimate of drug-likeness (QED) is 0.907. The van der Waals surface area contributed by atoms with E-state index in [0.717, 1.165) is 31.5 Å². The molecule has 118 valence electrons. The molecule has 1 amide bonds. The normalized spacial score (nSPS) is 17.6. The number of amides is 1. The van der Waals surface area contributed by atoms with E-state index in [-0.39, 0.29) is 18.3 Å². The number of carbonyl (C=O) groups excluding carboxylic acids is 1. The van der Waals surface area contributed by atoms with Crippen LogP contribution in [0.2, 0.25) is 0 Å². The van der Waals surface area contributed by atoms with Gasteiger partial charge in [0.2, 0.25) is 5.91 Å². The summed E-state index contributed by atoms with van der Waals surface area (Å²) in [4.78, 5) is 14.2. The molecule has 0 aromatic heterocycles. The average Bonchev–Trinajstić information content (AvgIpc) is 2.93. The van der Waals surface area contributed by atoms with Crippen LogP contribution >= 0.6 is 12.4 Å². The Kier molecular flexibility index (Phi) is 7.20. The molecule has 0 aliphatic carbocycles. The van der Waals surface area contributed by atoms with Gasteiger partial charge >= 0.3 is 0 Å². The van der Waals surface area contributed by atoms with Crippen LogP contribution < -0.4 is 5.32 Å². The SMILES string of the molecule is CC(C)Cc1ccc(CC(=O)N(C)C2CCNC2)cc1.Cl.